The van der Waals surface area contributed by atoms with Gasteiger partial charge in [0.05, 0.1) is 12.6 Å². The molecule has 0 saturated carbocycles. The molecular weight excluding hydrogens is 132 g/mol. The van der Waals surface area contributed by atoms with Crippen LogP contribution in [-0.4, -0.2) is 26.7 Å². The maximum absolute atomic E-state index is 8.56. The van der Waals surface area contributed by atoms with E-state index in [2.05, 4.69) is 15.0 Å². The lowest BCUT2D eigenvalue weighted by Crippen LogP contribution is -2.17. The average molecular weight is 140 g/mol. The fraction of sp³-hybridized carbons (Fsp3) is 0.400. The molecule has 1 atom stereocenters. The Bertz CT molecular complexity index is 190. The molecule has 0 aromatic carbocycles. The largest absolute Gasteiger partial charge is 0.394 e. The second-order valence-electron chi connectivity index (χ2n) is 1.79. The van der Waals surface area contributed by atoms with Gasteiger partial charge in [-0.3, -0.25) is 0 Å². The van der Waals surface area contributed by atoms with E-state index in [0.29, 0.717) is 5.82 Å². The minimum atomic E-state index is -0.497. The van der Waals surface area contributed by atoms with Crippen LogP contribution in [0.15, 0.2) is 12.7 Å². The van der Waals surface area contributed by atoms with E-state index in [4.69, 9.17) is 10.8 Å². The normalized spacial score (nSPS) is 13.0. The third-order valence-corrected chi connectivity index (χ3v) is 1.04. The Morgan fingerprint density at radius 1 is 1.50 bits per heavy atom. The summed E-state index contributed by atoms with van der Waals surface area (Å²) in [5.74, 6) is 0.414. The fourth-order valence-corrected chi connectivity index (χ4v) is 0.521. The zero-order valence-electron chi connectivity index (χ0n) is 5.31. The number of nitrogens with two attached hydrogens (primary N) is 1. The van der Waals surface area contributed by atoms with Crippen molar-refractivity contribution in [2.75, 3.05) is 6.61 Å². The van der Waals surface area contributed by atoms with Crippen molar-refractivity contribution in [3.05, 3.63) is 18.5 Å². The van der Waals surface area contributed by atoms with Gasteiger partial charge in [-0.15, -0.1) is 0 Å². The highest BCUT2D eigenvalue weighted by atomic mass is 16.3. The van der Waals surface area contributed by atoms with E-state index in [1.165, 1.54) is 12.7 Å². The second-order valence-corrected chi connectivity index (χ2v) is 1.79. The van der Waals surface area contributed by atoms with Gasteiger partial charge in [-0.05, 0) is 0 Å². The first-order valence-electron chi connectivity index (χ1n) is 2.83. The van der Waals surface area contributed by atoms with Crippen LogP contribution in [0.3, 0.4) is 0 Å². The predicted molar refractivity (Wildman–Crippen MR) is 33.8 cm³/mol. The highest BCUT2D eigenvalue weighted by Crippen LogP contribution is 1.97. The highest BCUT2D eigenvalue weighted by Gasteiger charge is 2.04. The van der Waals surface area contributed by atoms with Crippen molar-refractivity contribution in [1.29, 1.82) is 0 Å². The van der Waals surface area contributed by atoms with Crippen LogP contribution >= 0.6 is 0 Å². The average Bonchev–Trinajstić information content (AvgIpc) is 2.05. The Balaban J connectivity index is 2.75. The number of aromatic nitrogens is 3. The third-order valence-electron chi connectivity index (χ3n) is 1.04. The Morgan fingerprint density at radius 3 is 2.60 bits per heavy atom. The van der Waals surface area contributed by atoms with Crippen molar-refractivity contribution in [3.8, 4) is 0 Å². The first kappa shape index (κ1) is 7.04. The summed E-state index contributed by atoms with van der Waals surface area (Å²) in [6.07, 6.45) is 2.69. The van der Waals surface area contributed by atoms with Gasteiger partial charge in [0.25, 0.3) is 0 Å². The van der Waals surface area contributed by atoms with Gasteiger partial charge >= 0.3 is 0 Å². The van der Waals surface area contributed by atoms with Gasteiger partial charge in [0, 0.05) is 0 Å². The summed E-state index contributed by atoms with van der Waals surface area (Å²) in [5.41, 5.74) is 5.39. The maximum atomic E-state index is 8.56. The van der Waals surface area contributed by atoms with E-state index in [9.17, 15) is 0 Å². The molecular formula is C5H8N4O. The SMILES string of the molecule is NC(CO)c1ncncn1. The summed E-state index contributed by atoms with van der Waals surface area (Å²) in [6, 6.07) is -0.497. The van der Waals surface area contributed by atoms with Crippen molar-refractivity contribution in [2.24, 2.45) is 5.73 Å². The van der Waals surface area contributed by atoms with E-state index >= 15 is 0 Å². The maximum Gasteiger partial charge on any atom is 0.150 e. The molecule has 0 fully saturated rings. The summed E-state index contributed by atoms with van der Waals surface area (Å²) < 4.78 is 0. The molecule has 0 saturated heterocycles. The van der Waals surface area contributed by atoms with E-state index in [1.807, 2.05) is 0 Å². The molecule has 0 radical (unpaired) electrons. The van der Waals surface area contributed by atoms with Gasteiger partial charge in [0.1, 0.15) is 12.7 Å². The van der Waals surface area contributed by atoms with Crippen LogP contribution in [0.4, 0.5) is 0 Å². The summed E-state index contributed by atoms with van der Waals surface area (Å²) in [5, 5.41) is 8.56. The molecule has 10 heavy (non-hydrogen) atoms. The minimum absolute atomic E-state index is 0.149. The van der Waals surface area contributed by atoms with Crippen LogP contribution in [0.1, 0.15) is 11.9 Å². The Labute approximate surface area is 58.0 Å². The Kier molecular flexibility index (Phi) is 2.24. The minimum Gasteiger partial charge on any atom is -0.394 e. The van der Waals surface area contributed by atoms with E-state index < -0.39 is 6.04 Å². The van der Waals surface area contributed by atoms with Gasteiger partial charge in [-0.2, -0.15) is 0 Å². The molecule has 5 nitrogen and oxygen atoms in total. The lowest BCUT2D eigenvalue weighted by atomic mass is 10.3. The van der Waals surface area contributed by atoms with Crippen LogP contribution < -0.4 is 5.73 Å². The topological polar surface area (TPSA) is 84.9 Å². The first-order valence-corrected chi connectivity index (χ1v) is 2.83. The monoisotopic (exact) mass is 140 g/mol. The lowest BCUT2D eigenvalue weighted by molar-refractivity contribution is 0.263. The highest BCUT2D eigenvalue weighted by molar-refractivity contribution is 4.89. The van der Waals surface area contributed by atoms with Crippen LogP contribution in [-0.2, 0) is 0 Å². The van der Waals surface area contributed by atoms with Gasteiger partial charge in [-0.1, -0.05) is 0 Å². The molecule has 1 aromatic rings. The Hall–Kier alpha value is -1.07. The molecule has 1 unspecified atom stereocenters. The molecule has 0 amide bonds. The molecule has 0 aliphatic rings. The second kappa shape index (κ2) is 3.19. The molecule has 1 aromatic heterocycles. The van der Waals surface area contributed by atoms with Crippen molar-refractivity contribution < 1.29 is 5.11 Å². The first-order chi connectivity index (χ1) is 4.84. The molecule has 0 aliphatic carbocycles. The molecule has 1 heterocycles. The van der Waals surface area contributed by atoms with E-state index in [0.717, 1.165) is 0 Å². The lowest BCUT2D eigenvalue weighted by Gasteiger charge is -2.02. The number of aliphatic hydroxyl groups is 1. The summed E-state index contributed by atoms with van der Waals surface area (Å²) in [4.78, 5) is 11.1. The van der Waals surface area contributed by atoms with E-state index in [-0.39, 0.29) is 6.61 Å². The number of hydrogen-bond donors (Lipinski definition) is 2. The van der Waals surface area contributed by atoms with E-state index in [1.54, 1.807) is 0 Å². The van der Waals surface area contributed by atoms with Crippen molar-refractivity contribution >= 4 is 0 Å². The zero-order chi connectivity index (χ0) is 7.40. The molecule has 0 spiro atoms. The number of hydrogen-bond acceptors (Lipinski definition) is 5. The Morgan fingerprint density at radius 2 is 2.10 bits per heavy atom. The van der Waals surface area contributed by atoms with Crippen LogP contribution in [0.25, 0.3) is 0 Å². The fourth-order valence-electron chi connectivity index (χ4n) is 0.521. The zero-order valence-corrected chi connectivity index (χ0v) is 5.31. The van der Waals surface area contributed by atoms with Crippen molar-refractivity contribution in [2.45, 2.75) is 6.04 Å². The number of aliphatic hydroxyl groups excluding tert-OH is 1. The van der Waals surface area contributed by atoms with Crippen LogP contribution in [0.5, 0.6) is 0 Å². The molecule has 5 heteroatoms. The van der Waals surface area contributed by atoms with Gasteiger partial charge in [0.15, 0.2) is 5.82 Å². The molecule has 0 bridgehead atoms. The van der Waals surface area contributed by atoms with Gasteiger partial charge in [-0.25, -0.2) is 15.0 Å². The quantitative estimate of drug-likeness (QED) is 0.542. The standard InChI is InChI=1S/C5H8N4O/c6-4(1-10)5-8-2-7-3-9-5/h2-4,10H,1,6H2. The third kappa shape index (κ3) is 1.46. The van der Waals surface area contributed by atoms with Crippen LogP contribution in [0, 0.1) is 0 Å². The molecule has 0 aliphatic heterocycles. The predicted octanol–water partition coefficient (Wildman–Crippen LogP) is -1.14. The van der Waals surface area contributed by atoms with Crippen molar-refractivity contribution in [3.63, 3.8) is 0 Å². The number of nitrogens with zero attached hydrogens (tertiary/aromatic N) is 3. The molecule has 1 rings (SSSR count). The summed E-state index contributed by atoms with van der Waals surface area (Å²) >= 11 is 0. The van der Waals surface area contributed by atoms with Crippen molar-refractivity contribution in [1.82, 2.24) is 15.0 Å². The summed E-state index contributed by atoms with van der Waals surface area (Å²) in [6.45, 7) is -0.149. The summed E-state index contributed by atoms with van der Waals surface area (Å²) in [7, 11) is 0. The molecule has 54 valence electrons. The smallest absolute Gasteiger partial charge is 0.150 e. The molecule has 3 N–H and O–H groups in total. The van der Waals surface area contributed by atoms with Gasteiger partial charge < -0.3 is 10.8 Å². The van der Waals surface area contributed by atoms with Gasteiger partial charge in [0.2, 0.25) is 0 Å². The number of rotatable bonds is 2. The van der Waals surface area contributed by atoms with Crippen LogP contribution in [0.2, 0.25) is 0 Å².